The van der Waals surface area contributed by atoms with Gasteiger partial charge in [-0.15, -0.1) is 0 Å². The van der Waals surface area contributed by atoms with Crippen LogP contribution in [0.2, 0.25) is 0 Å². The minimum Gasteiger partial charge on any atom is -0.358 e. The highest BCUT2D eigenvalue weighted by Gasteiger charge is 2.28. The quantitative estimate of drug-likeness (QED) is 0.861. The maximum Gasteiger partial charge on any atom is 0.389 e. The molecular weight excluding hydrogens is 241 g/mol. The van der Waals surface area contributed by atoms with Crippen LogP contribution in [0.15, 0.2) is 24.3 Å². The first-order valence-electron chi connectivity index (χ1n) is 5.78. The Bertz CT molecular complexity index is 543. The summed E-state index contributed by atoms with van der Waals surface area (Å²) >= 11 is 0. The molecule has 0 aliphatic carbocycles. The average molecular weight is 256 g/mol. The second kappa shape index (κ2) is 4.65. The van der Waals surface area contributed by atoms with Crippen molar-refractivity contribution in [2.24, 2.45) is 5.73 Å². The van der Waals surface area contributed by atoms with Gasteiger partial charge in [-0.2, -0.15) is 13.2 Å². The summed E-state index contributed by atoms with van der Waals surface area (Å²) in [6, 6.07) is 6.91. The Morgan fingerprint density at radius 3 is 2.61 bits per heavy atom. The van der Waals surface area contributed by atoms with Gasteiger partial charge in [-0.1, -0.05) is 18.2 Å². The van der Waals surface area contributed by atoms with Gasteiger partial charge in [0.15, 0.2) is 0 Å². The SMILES string of the molecule is Cc1[nH]c2ccccc2c1[C@@H](N)CCC(F)(F)F. The number of alkyl halides is 3. The summed E-state index contributed by atoms with van der Waals surface area (Å²) in [5.41, 5.74) is 8.43. The van der Waals surface area contributed by atoms with Crippen LogP contribution in [-0.4, -0.2) is 11.2 Å². The number of nitrogens with one attached hydrogen (secondary N) is 1. The van der Waals surface area contributed by atoms with Crippen LogP contribution in [0.1, 0.15) is 30.1 Å². The molecule has 0 fully saturated rings. The standard InChI is InChI=1S/C13H15F3N2/c1-8-12(10(17)6-7-13(14,15)16)9-4-2-3-5-11(9)18-8/h2-5,10,18H,6-7,17H2,1H3/t10-/m0/s1. The van der Waals surface area contributed by atoms with Crippen LogP contribution in [-0.2, 0) is 0 Å². The minimum atomic E-state index is -4.16. The molecule has 0 saturated heterocycles. The predicted octanol–water partition coefficient (Wildman–Crippen LogP) is 3.82. The Labute approximate surface area is 103 Å². The van der Waals surface area contributed by atoms with E-state index in [0.717, 1.165) is 22.2 Å². The first kappa shape index (κ1) is 13.0. The topological polar surface area (TPSA) is 41.8 Å². The maximum atomic E-state index is 12.2. The van der Waals surface area contributed by atoms with Crippen molar-refractivity contribution in [1.82, 2.24) is 4.98 Å². The van der Waals surface area contributed by atoms with Crippen LogP contribution < -0.4 is 5.73 Å². The van der Waals surface area contributed by atoms with E-state index < -0.39 is 18.6 Å². The Morgan fingerprint density at radius 2 is 1.94 bits per heavy atom. The normalized spacial score (nSPS) is 14.1. The van der Waals surface area contributed by atoms with E-state index in [9.17, 15) is 13.2 Å². The molecule has 0 spiro atoms. The molecule has 0 aliphatic rings. The number of halogens is 3. The summed E-state index contributed by atoms with van der Waals surface area (Å²) in [5, 5.41) is 0.907. The lowest BCUT2D eigenvalue weighted by molar-refractivity contribution is -0.136. The first-order chi connectivity index (χ1) is 8.38. The molecule has 1 aromatic heterocycles. The molecule has 0 bridgehead atoms. The first-order valence-corrected chi connectivity index (χ1v) is 5.78. The van der Waals surface area contributed by atoms with Gasteiger partial charge in [0.1, 0.15) is 0 Å². The van der Waals surface area contributed by atoms with E-state index in [1.165, 1.54) is 0 Å². The van der Waals surface area contributed by atoms with Gasteiger partial charge in [0.2, 0.25) is 0 Å². The van der Waals surface area contributed by atoms with Gasteiger partial charge >= 0.3 is 6.18 Å². The summed E-state index contributed by atoms with van der Waals surface area (Å²) in [7, 11) is 0. The number of hydrogen-bond acceptors (Lipinski definition) is 1. The molecule has 3 N–H and O–H groups in total. The second-order valence-corrected chi connectivity index (χ2v) is 4.47. The van der Waals surface area contributed by atoms with Crippen LogP contribution in [0.5, 0.6) is 0 Å². The summed E-state index contributed by atoms with van der Waals surface area (Å²) in [6.45, 7) is 1.84. The molecule has 2 rings (SSSR count). The van der Waals surface area contributed by atoms with Crippen LogP contribution in [0.3, 0.4) is 0 Å². The highest BCUT2D eigenvalue weighted by atomic mass is 19.4. The predicted molar refractivity (Wildman–Crippen MR) is 65.3 cm³/mol. The van der Waals surface area contributed by atoms with E-state index in [2.05, 4.69) is 4.98 Å². The van der Waals surface area contributed by atoms with E-state index >= 15 is 0 Å². The third-order valence-corrected chi connectivity index (χ3v) is 3.05. The van der Waals surface area contributed by atoms with Crippen molar-refractivity contribution in [2.45, 2.75) is 32.0 Å². The highest BCUT2D eigenvalue weighted by molar-refractivity contribution is 5.85. The molecule has 2 aromatic rings. The Hall–Kier alpha value is -1.49. The van der Waals surface area contributed by atoms with Crippen LogP contribution in [0.4, 0.5) is 13.2 Å². The van der Waals surface area contributed by atoms with Crippen molar-refractivity contribution in [2.75, 3.05) is 0 Å². The number of aromatic nitrogens is 1. The lowest BCUT2D eigenvalue weighted by atomic mass is 9.99. The van der Waals surface area contributed by atoms with E-state index in [0.29, 0.717) is 0 Å². The smallest absolute Gasteiger partial charge is 0.358 e. The van der Waals surface area contributed by atoms with Gasteiger partial charge in [-0.25, -0.2) is 0 Å². The number of aryl methyl sites for hydroxylation is 1. The third-order valence-electron chi connectivity index (χ3n) is 3.05. The van der Waals surface area contributed by atoms with Gasteiger partial charge in [0.25, 0.3) is 0 Å². The van der Waals surface area contributed by atoms with Gasteiger partial charge in [-0.05, 0) is 25.0 Å². The van der Waals surface area contributed by atoms with E-state index in [4.69, 9.17) is 5.73 Å². The molecule has 0 unspecified atom stereocenters. The molecule has 1 heterocycles. The molecule has 0 amide bonds. The zero-order valence-corrected chi connectivity index (χ0v) is 10.0. The lowest BCUT2D eigenvalue weighted by Gasteiger charge is -2.14. The third kappa shape index (κ3) is 2.67. The Kier molecular flexibility index (Phi) is 3.34. The van der Waals surface area contributed by atoms with E-state index in [-0.39, 0.29) is 6.42 Å². The highest BCUT2D eigenvalue weighted by Crippen LogP contribution is 2.31. The molecule has 0 aliphatic heterocycles. The summed E-state index contributed by atoms with van der Waals surface area (Å²) in [6.07, 6.45) is -5.10. The van der Waals surface area contributed by atoms with E-state index in [1.807, 2.05) is 31.2 Å². The maximum absolute atomic E-state index is 12.2. The van der Waals surface area contributed by atoms with Crippen molar-refractivity contribution in [1.29, 1.82) is 0 Å². The van der Waals surface area contributed by atoms with Gasteiger partial charge < -0.3 is 10.7 Å². The molecule has 5 heteroatoms. The van der Waals surface area contributed by atoms with Crippen LogP contribution >= 0.6 is 0 Å². The average Bonchev–Trinajstić information content (AvgIpc) is 2.61. The molecule has 1 atom stereocenters. The minimum absolute atomic E-state index is 0.0911. The summed E-state index contributed by atoms with van der Waals surface area (Å²) in [4.78, 5) is 3.14. The molecule has 18 heavy (non-hydrogen) atoms. The number of rotatable bonds is 3. The number of aromatic amines is 1. The number of para-hydroxylation sites is 1. The molecule has 2 nitrogen and oxygen atoms in total. The number of H-pyrrole nitrogens is 1. The molecule has 0 radical (unpaired) electrons. The monoisotopic (exact) mass is 256 g/mol. The van der Waals surface area contributed by atoms with Crippen molar-refractivity contribution >= 4 is 10.9 Å². The van der Waals surface area contributed by atoms with Crippen molar-refractivity contribution in [3.8, 4) is 0 Å². The largest absolute Gasteiger partial charge is 0.389 e. The van der Waals surface area contributed by atoms with E-state index in [1.54, 1.807) is 0 Å². The number of nitrogens with two attached hydrogens (primary N) is 1. The lowest BCUT2D eigenvalue weighted by Crippen LogP contribution is -2.16. The van der Waals surface area contributed by atoms with Gasteiger partial charge in [-0.3, -0.25) is 0 Å². The molecular formula is C13H15F3N2. The van der Waals surface area contributed by atoms with Crippen LogP contribution in [0.25, 0.3) is 10.9 Å². The van der Waals surface area contributed by atoms with Crippen molar-refractivity contribution in [3.05, 3.63) is 35.5 Å². The van der Waals surface area contributed by atoms with Gasteiger partial charge in [0, 0.05) is 29.1 Å². The Morgan fingerprint density at radius 1 is 1.28 bits per heavy atom. The molecule has 98 valence electrons. The van der Waals surface area contributed by atoms with Crippen molar-refractivity contribution < 1.29 is 13.2 Å². The number of benzene rings is 1. The fourth-order valence-electron chi connectivity index (χ4n) is 2.24. The molecule has 1 aromatic carbocycles. The second-order valence-electron chi connectivity index (χ2n) is 4.47. The summed E-state index contributed by atoms with van der Waals surface area (Å²) in [5.74, 6) is 0. The Balaban J connectivity index is 2.27. The fourth-order valence-corrected chi connectivity index (χ4v) is 2.24. The zero-order valence-electron chi connectivity index (χ0n) is 10.0. The number of fused-ring (bicyclic) bond motifs is 1. The van der Waals surface area contributed by atoms with Gasteiger partial charge in [0.05, 0.1) is 0 Å². The molecule has 0 saturated carbocycles. The fraction of sp³-hybridized carbons (Fsp3) is 0.385. The van der Waals surface area contributed by atoms with Crippen LogP contribution in [0, 0.1) is 6.92 Å². The van der Waals surface area contributed by atoms with Crippen molar-refractivity contribution in [3.63, 3.8) is 0 Å². The summed E-state index contributed by atoms with van der Waals surface area (Å²) < 4.78 is 36.6. The number of hydrogen-bond donors (Lipinski definition) is 2. The zero-order chi connectivity index (χ0) is 13.3.